The van der Waals surface area contributed by atoms with Crippen molar-refractivity contribution in [1.29, 1.82) is 0 Å². The van der Waals surface area contributed by atoms with Crippen molar-refractivity contribution in [1.82, 2.24) is 15.5 Å². The molecular formula is C19H28BrIN4O. The number of carbonyl (C=O) groups excluding carboxylic acids is 1. The van der Waals surface area contributed by atoms with Crippen LogP contribution in [0, 0.1) is 11.8 Å². The fraction of sp³-hybridized carbons (Fsp3) is 0.579. The minimum Gasteiger partial charge on any atom is -0.354 e. The van der Waals surface area contributed by atoms with Crippen LogP contribution in [0.1, 0.15) is 36.0 Å². The zero-order valence-corrected chi connectivity index (χ0v) is 19.1. The quantitative estimate of drug-likeness (QED) is 0.269. The molecule has 3 rings (SSSR count). The van der Waals surface area contributed by atoms with E-state index < -0.39 is 0 Å². The second-order valence-corrected chi connectivity index (χ2v) is 7.86. The van der Waals surface area contributed by atoms with E-state index in [0.717, 1.165) is 35.4 Å². The Balaban J connectivity index is 0.00000243. The van der Waals surface area contributed by atoms with Crippen LogP contribution in [0.15, 0.2) is 33.7 Å². The van der Waals surface area contributed by atoms with Gasteiger partial charge in [-0.1, -0.05) is 28.8 Å². The van der Waals surface area contributed by atoms with E-state index in [1.165, 1.54) is 25.7 Å². The van der Waals surface area contributed by atoms with E-state index in [1.54, 1.807) is 0 Å². The van der Waals surface area contributed by atoms with E-state index in [-0.39, 0.29) is 29.9 Å². The van der Waals surface area contributed by atoms with Gasteiger partial charge in [-0.2, -0.15) is 0 Å². The molecule has 144 valence electrons. The molecule has 2 aliphatic rings. The lowest BCUT2D eigenvalue weighted by atomic mass is 9.82. The first-order chi connectivity index (χ1) is 12.2. The first kappa shape index (κ1) is 21.5. The number of halogens is 2. The minimum absolute atomic E-state index is 0. The van der Waals surface area contributed by atoms with Crippen LogP contribution in [0.3, 0.4) is 0 Å². The van der Waals surface area contributed by atoms with Crippen LogP contribution in [0.2, 0.25) is 0 Å². The lowest BCUT2D eigenvalue weighted by molar-refractivity contribution is 0.0954. The molecule has 2 atom stereocenters. The van der Waals surface area contributed by atoms with Crippen molar-refractivity contribution in [2.75, 3.05) is 33.2 Å². The van der Waals surface area contributed by atoms with Crippen LogP contribution < -0.4 is 10.6 Å². The zero-order valence-electron chi connectivity index (χ0n) is 15.2. The third-order valence-corrected chi connectivity index (χ3v) is 5.82. The molecule has 1 aromatic rings. The number of nitrogens with one attached hydrogen (secondary N) is 2. The largest absolute Gasteiger partial charge is 0.354 e. The third kappa shape index (κ3) is 5.58. The number of carbonyl (C=O) groups is 1. The van der Waals surface area contributed by atoms with Gasteiger partial charge in [-0.15, -0.1) is 24.0 Å². The smallest absolute Gasteiger partial charge is 0.251 e. The summed E-state index contributed by atoms with van der Waals surface area (Å²) in [5, 5.41) is 6.34. The molecule has 7 heteroatoms. The predicted molar refractivity (Wildman–Crippen MR) is 120 cm³/mol. The molecular weight excluding hydrogens is 507 g/mol. The average Bonchev–Trinajstić information content (AvgIpc) is 3.06. The summed E-state index contributed by atoms with van der Waals surface area (Å²) in [5.41, 5.74) is 0.677. The summed E-state index contributed by atoms with van der Waals surface area (Å²) in [7, 11) is 1.84. The van der Waals surface area contributed by atoms with Crippen molar-refractivity contribution in [3.8, 4) is 0 Å². The van der Waals surface area contributed by atoms with Gasteiger partial charge in [0, 0.05) is 43.3 Å². The van der Waals surface area contributed by atoms with E-state index >= 15 is 0 Å². The Morgan fingerprint density at radius 2 is 1.69 bits per heavy atom. The van der Waals surface area contributed by atoms with E-state index in [4.69, 9.17) is 0 Å². The van der Waals surface area contributed by atoms with E-state index in [0.29, 0.717) is 18.7 Å². The van der Waals surface area contributed by atoms with Crippen LogP contribution in [0.4, 0.5) is 0 Å². The number of amides is 1. The second-order valence-electron chi connectivity index (χ2n) is 6.95. The van der Waals surface area contributed by atoms with E-state index in [9.17, 15) is 4.79 Å². The number of benzene rings is 1. The van der Waals surface area contributed by atoms with E-state index in [1.807, 2.05) is 31.3 Å². The lowest BCUT2D eigenvalue weighted by Crippen LogP contribution is -2.43. The van der Waals surface area contributed by atoms with Crippen molar-refractivity contribution in [2.45, 2.75) is 25.7 Å². The van der Waals surface area contributed by atoms with Crippen molar-refractivity contribution in [2.24, 2.45) is 16.8 Å². The molecule has 5 nitrogen and oxygen atoms in total. The Labute approximate surface area is 181 Å². The van der Waals surface area contributed by atoms with Crippen molar-refractivity contribution >= 4 is 51.8 Å². The Bertz CT molecular complexity index is 608. The molecule has 2 fully saturated rings. The number of aliphatic imine (C=N–C) groups is 1. The molecule has 26 heavy (non-hydrogen) atoms. The first-order valence-electron chi connectivity index (χ1n) is 9.16. The molecule has 0 bridgehead atoms. The van der Waals surface area contributed by atoms with Crippen molar-refractivity contribution < 1.29 is 4.79 Å². The van der Waals surface area contributed by atoms with Crippen LogP contribution >= 0.6 is 39.9 Å². The van der Waals surface area contributed by atoms with Gasteiger partial charge in [0.2, 0.25) is 0 Å². The molecule has 1 aliphatic heterocycles. The first-order valence-corrected chi connectivity index (χ1v) is 9.96. The fourth-order valence-corrected chi connectivity index (χ4v) is 4.23. The van der Waals surface area contributed by atoms with E-state index in [2.05, 4.69) is 36.5 Å². The number of likely N-dealkylation sites (tertiary alicyclic amines) is 1. The summed E-state index contributed by atoms with van der Waals surface area (Å²) in [6, 6.07) is 7.39. The minimum atomic E-state index is -0.0449. The highest BCUT2D eigenvalue weighted by atomic mass is 127. The molecule has 1 aromatic carbocycles. The SMILES string of the molecule is CN=C(NCCNC(=O)c1ccc(Br)cc1)N1CC2CCCCC2C1.I. The van der Waals surface area contributed by atoms with Gasteiger partial charge in [0.1, 0.15) is 0 Å². The maximum Gasteiger partial charge on any atom is 0.251 e. The van der Waals surface area contributed by atoms with Crippen molar-refractivity contribution in [3.05, 3.63) is 34.3 Å². The summed E-state index contributed by atoms with van der Waals surface area (Å²) in [6.45, 7) is 3.50. The molecule has 1 saturated heterocycles. The highest BCUT2D eigenvalue weighted by Gasteiger charge is 2.35. The van der Waals surface area contributed by atoms with Gasteiger partial charge in [0.15, 0.2) is 5.96 Å². The number of rotatable bonds is 4. The monoisotopic (exact) mass is 534 g/mol. The van der Waals surface area contributed by atoms with Crippen molar-refractivity contribution in [3.63, 3.8) is 0 Å². The number of guanidine groups is 1. The fourth-order valence-electron chi connectivity index (χ4n) is 3.96. The van der Waals surface area contributed by atoms with Gasteiger partial charge >= 0.3 is 0 Å². The van der Waals surface area contributed by atoms with Crippen LogP contribution in [0.5, 0.6) is 0 Å². The summed E-state index contributed by atoms with van der Waals surface area (Å²) in [4.78, 5) is 18.9. The van der Waals surface area contributed by atoms with Crippen LogP contribution in [-0.4, -0.2) is 50.0 Å². The number of hydrogen-bond donors (Lipinski definition) is 2. The molecule has 1 heterocycles. The summed E-state index contributed by atoms with van der Waals surface area (Å²) in [6.07, 6.45) is 5.48. The number of hydrogen-bond acceptors (Lipinski definition) is 2. The Kier molecular flexibility index (Phi) is 8.66. The molecule has 1 aliphatic carbocycles. The summed E-state index contributed by atoms with van der Waals surface area (Å²) >= 11 is 3.38. The molecule has 0 aromatic heterocycles. The number of nitrogens with zero attached hydrogens (tertiary/aromatic N) is 2. The molecule has 0 spiro atoms. The second kappa shape index (κ2) is 10.5. The molecule has 0 radical (unpaired) electrons. The highest BCUT2D eigenvalue weighted by Crippen LogP contribution is 2.35. The summed E-state index contributed by atoms with van der Waals surface area (Å²) < 4.78 is 0.973. The predicted octanol–water partition coefficient (Wildman–Crippen LogP) is 3.49. The Hall–Kier alpha value is -0.830. The Morgan fingerprint density at radius 1 is 1.12 bits per heavy atom. The maximum absolute atomic E-state index is 12.1. The average molecular weight is 535 g/mol. The van der Waals surface area contributed by atoms with Crippen LogP contribution in [0.25, 0.3) is 0 Å². The topological polar surface area (TPSA) is 56.7 Å². The standard InChI is InChI=1S/C19H27BrN4O.HI/c1-21-19(24-12-15-4-2-3-5-16(15)13-24)23-11-10-22-18(25)14-6-8-17(20)9-7-14;/h6-9,15-16H,2-5,10-13H2,1H3,(H,21,23)(H,22,25);1H. The van der Waals surface area contributed by atoms with Gasteiger partial charge in [-0.05, 0) is 48.9 Å². The van der Waals surface area contributed by atoms with Gasteiger partial charge < -0.3 is 15.5 Å². The molecule has 2 N–H and O–H groups in total. The van der Waals surface area contributed by atoms with Gasteiger partial charge in [0.25, 0.3) is 5.91 Å². The highest BCUT2D eigenvalue weighted by molar-refractivity contribution is 14.0. The lowest BCUT2D eigenvalue weighted by Gasteiger charge is -2.22. The zero-order chi connectivity index (χ0) is 17.6. The van der Waals surface area contributed by atoms with Crippen LogP contribution in [-0.2, 0) is 0 Å². The summed E-state index contributed by atoms with van der Waals surface area (Å²) in [5.74, 6) is 2.59. The number of fused-ring (bicyclic) bond motifs is 1. The molecule has 2 unspecified atom stereocenters. The normalized spacial score (nSPS) is 22.4. The maximum atomic E-state index is 12.1. The molecule has 1 saturated carbocycles. The van der Waals surface area contributed by atoms with Gasteiger partial charge in [-0.3, -0.25) is 9.79 Å². The third-order valence-electron chi connectivity index (χ3n) is 5.29. The Morgan fingerprint density at radius 3 is 2.27 bits per heavy atom. The van der Waals surface area contributed by atoms with Gasteiger partial charge in [0.05, 0.1) is 0 Å². The molecule has 1 amide bonds. The van der Waals surface area contributed by atoms with Gasteiger partial charge in [-0.25, -0.2) is 0 Å².